The van der Waals surface area contributed by atoms with Gasteiger partial charge in [0.15, 0.2) is 0 Å². The Balaban J connectivity index is 4.63. The van der Waals surface area contributed by atoms with Crippen molar-refractivity contribution < 1.29 is 39.3 Å². The maximum Gasteiger partial charge on any atom is 0.322 e. The highest BCUT2D eigenvalue weighted by Crippen LogP contribution is 2.05. The molecule has 2 amide bonds. The van der Waals surface area contributed by atoms with E-state index in [9.17, 15) is 24.0 Å². The van der Waals surface area contributed by atoms with E-state index in [1.807, 2.05) is 0 Å². The van der Waals surface area contributed by atoms with E-state index in [0.717, 1.165) is 0 Å². The summed E-state index contributed by atoms with van der Waals surface area (Å²) in [5.74, 6) is -4.30. The summed E-state index contributed by atoms with van der Waals surface area (Å²) in [5.41, 5.74) is 5.25. The smallest absolute Gasteiger partial charge is 0.322 e. The van der Waals surface area contributed by atoms with Gasteiger partial charge in [0.25, 0.3) is 0 Å². The summed E-state index contributed by atoms with van der Waals surface area (Å²) in [5, 5.41) is 29.5. The number of carbonyl (C=O) groups excluding carboxylic acids is 3. The Morgan fingerprint density at radius 1 is 1.12 bits per heavy atom. The van der Waals surface area contributed by atoms with Crippen LogP contribution < -0.4 is 16.4 Å². The molecule has 0 rings (SSSR count). The van der Waals surface area contributed by atoms with Gasteiger partial charge >= 0.3 is 11.9 Å². The van der Waals surface area contributed by atoms with Gasteiger partial charge in [-0.25, -0.2) is 0 Å². The van der Waals surface area contributed by atoms with E-state index in [2.05, 4.69) is 10.6 Å². The van der Waals surface area contributed by atoms with Gasteiger partial charge in [-0.15, -0.1) is 0 Å². The van der Waals surface area contributed by atoms with Gasteiger partial charge in [-0.3, -0.25) is 24.0 Å². The Morgan fingerprint density at radius 3 is 2.25 bits per heavy atom. The van der Waals surface area contributed by atoms with E-state index in [1.165, 1.54) is 0 Å². The van der Waals surface area contributed by atoms with Crippen LogP contribution in [0.2, 0.25) is 0 Å². The zero-order chi connectivity index (χ0) is 18.7. The van der Waals surface area contributed by atoms with Crippen molar-refractivity contribution in [2.45, 2.75) is 24.9 Å². The number of hydrogen-bond acceptors (Lipinski definition) is 8. The number of carbonyl (C=O) groups is 5. The van der Waals surface area contributed by atoms with Gasteiger partial charge in [-0.05, 0) is 6.42 Å². The lowest BCUT2D eigenvalue weighted by molar-refractivity contribution is -0.139. The van der Waals surface area contributed by atoms with E-state index in [0.29, 0.717) is 11.8 Å². The number of amides is 2. The lowest BCUT2D eigenvalue weighted by atomic mass is 10.1. The monoisotopic (exact) mass is 365 g/mol. The van der Waals surface area contributed by atoms with Gasteiger partial charge < -0.3 is 31.7 Å². The van der Waals surface area contributed by atoms with Crippen molar-refractivity contribution in [3.63, 3.8) is 0 Å². The zero-order valence-corrected chi connectivity index (χ0v) is 13.4. The van der Waals surface area contributed by atoms with Gasteiger partial charge in [-0.2, -0.15) is 0 Å². The van der Waals surface area contributed by atoms with Crippen LogP contribution in [0, 0.1) is 0 Å². The Labute approximate surface area is 141 Å². The van der Waals surface area contributed by atoms with Crippen LogP contribution in [-0.4, -0.2) is 75.2 Å². The highest BCUT2D eigenvalue weighted by Gasteiger charge is 2.23. The first kappa shape index (κ1) is 21.8. The summed E-state index contributed by atoms with van der Waals surface area (Å²) >= 11 is 0.588. The minimum atomic E-state index is -1.29. The van der Waals surface area contributed by atoms with Crippen LogP contribution in [0.4, 0.5) is 0 Å². The fraction of sp³-hybridized carbons (Fsp3) is 0.583. The third-order valence-electron chi connectivity index (χ3n) is 2.61. The molecule has 0 aromatic carbocycles. The van der Waals surface area contributed by atoms with Crippen LogP contribution in [0.5, 0.6) is 0 Å². The third-order valence-corrected chi connectivity index (χ3v) is 3.56. The molecule has 0 unspecified atom stereocenters. The maximum atomic E-state index is 11.8. The summed E-state index contributed by atoms with van der Waals surface area (Å²) in [4.78, 5) is 55.6. The van der Waals surface area contributed by atoms with Crippen LogP contribution in [-0.2, 0) is 24.0 Å². The zero-order valence-electron chi connectivity index (χ0n) is 12.6. The standard InChI is InChI=1S/C12H19N3O8S/c13-6(12(22)23)1-2-8(17)15-7(5-24-10(20)4-16)11(21)14-3-9(18)19/h6-7,16H,1-5,13H2,(H,14,21)(H,15,17)(H,18,19)(H,22,23)/t6-,7-/m0/s1. The number of aliphatic hydroxyl groups is 1. The van der Waals surface area contributed by atoms with Gasteiger partial charge in [0, 0.05) is 12.2 Å². The molecule has 12 heteroatoms. The van der Waals surface area contributed by atoms with Crippen molar-refractivity contribution in [3.05, 3.63) is 0 Å². The number of nitrogens with two attached hydrogens (primary N) is 1. The summed E-state index contributed by atoms with van der Waals surface area (Å²) in [7, 11) is 0. The Bertz CT molecular complexity index is 499. The second-order valence-electron chi connectivity index (χ2n) is 4.56. The van der Waals surface area contributed by atoms with Crippen molar-refractivity contribution >= 4 is 40.6 Å². The molecule has 0 aliphatic carbocycles. The summed E-state index contributed by atoms with van der Waals surface area (Å²) in [6.07, 6.45) is -0.428. The van der Waals surface area contributed by atoms with Crippen LogP contribution in [0.3, 0.4) is 0 Å². The largest absolute Gasteiger partial charge is 0.480 e. The number of nitrogens with one attached hydrogen (secondary N) is 2. The molecule has 2 atom stereocenters. The Morgan fingerprint density at radius 2 is 1.75 bits per heavy atom. The Kier molecular flexibility index (Phi) is 10.3. The first-order valence-electron chi connectivity index (χ1n) is 6.71. The van der Waals surface area contributed by atoms with Crippen LogP contribution in [0.25, 0.3) is 0 Å². The third kappa shape index (κ3) is 9.76. The summed E-state index contributed by atoms with van der Waals surface area (Å²) in [6, 6.07) is -2.46. The molecule has 0 aliphatic heterocycles. The predicted octanol–water partition coefficient (Wildman–Crippen LogP) is -2.88. The number of thioether (sulfide) groups is 1. The number of hydrogen-bond donors (Lipinski definition) is 6. The lowest BCUT2D eigenvalue weighted by Gasteiger charge is -2.17. The number of aliphatic hydroxyl groups excluding tert-OH is 1. The molecule has 24 heavy (non-hydrogen) atoms. The van der Waals surface area contributed by atoms with Gasteiger partial charge in [-0.1, -0.05) is 11.8 Å². The molecule has 0 fully saturated rings. The normalized spacial score (nSPS) is 12.8. The van der Waals surface area contributed by atoms with Gasteiger partial charge in [0.05, 0.1) is 0 Å². The van der Waals surface area contributed by atoms with Crippen LogP contribution >= 0.6 is 11.8 Å². The molecular formula is C12H19N3O8S. The molecule has 0 aromatic heterocycles. The fourth-order valence-corrected chi connectivity index (χ4v) is 2.05. The van der Waals surface area contributed by atoms with Crippen molar-refractivity contribution in [1.82, 2.24) is 10.6 Å². The molecule has 0 saturated heterocycles. The maximum absolute atomic E-state index is 11.8. The molecule has 0 spiro atoms. The molecule has 136 valence electrons. The average molecular weight is 365 g/mol. The quantitative estimate of drug-likeness (QED) is 0.221. The molecule has 0 aromatic rings. The first-order valence-corrected chi connectivity index (χ1v) is 7.69. The van der Waals surface area contributed by atoms with E-state index >= 15 is 0 Å². The molecule has 0 bridgehead atoms. The number of carboxylic acids is 2. The van der Waals surface area contributed by atoms with Crippen LogP contribution in [0.15, 0.2) is 0 Å². The topological polar surface area (TPSA) is 196 Å². The van der Waals surface area contributed by atoms with E-state index in [4.69, 9.17) is 21.1 Å². The molecule has 0 radical (unpaired) electrons. The first-order chi connectivity index (χ1) is 11.2. The van der Waals surface area contributed by atoms with Gasteiger partial charge in [0.1, 0.15) is 25.2 Å². The van der Waals surface area contributed by atoms with Crippen molar-refractivity contribution in [2.75, 3.05) is 18.9 Å². The summed E-state index contributed by atoms with van der Waals surface area (Å²) in [6.45, 7) is -1.43. The van der Waals surface area contributed by atoms with Crippen LogP contribution in [0.1, 0.15) is 12.8 Å². The van der Waals surface area contributed by atoms with E-state index in [1.54, 1.807) is 0 Å². The number of aliphatic carboxylic acids is 2. The second kappa shape index (κ2) is 11.4. The molecular weight excluding hydrogens is 346 g/mol. The molecule has 0 heterocycles. The second-order valence-corrected chi connectivity index (χ2v) is 5.63. The molecule has 7 N–H and O–H groups in total. The minimum Gasteiger partial charge on any atom is -0.480 e. The highest BCUT2D eigenvalue weighted by molar-refractivity contribution is 8.13. The Hall–Kier alpha value is -2.18. The highest BCUT2D eigenvalue weighted by atomic mass is 32.2. The van der Waals surface area contributed by atoms with Gasteiger partial charge in [0.2, 0.25) is 16.9 Å². The molecule has 0 saturated carbocycles. The fourth-order valence-electron chi connectivity index (χ4n) is 1.37. The van der Waals surface area contributed by atoms with Crippen molar-refractivity contribution in [1.29, 1.82) is 0 Å². The van der Waals surface area contributed by atoms with E-state index < -0.39 is 54.1 Å². The summed E-state index contributed by atoms with van der Waals surface area (Å²) < 4.78 is 0. The number of rotatable bonds is 11. The molecule has 11 nitrogen and oxygen atoms in total. The average Bonchev–Trinajstić information content (AvgIpc) is 2.53. The predicted molar refractivity (Wildman–Crippen MR) is 82.0 cm³/mol. The van der Waals surface area contributed by atoms with E-state index in [-0.39, 0.29) is 18.6 Å². The molecule has 0 aliphatic rings. The number of carboxylic acid groups (broad SMARTS) is 2. The van der Waals surface area contributed by atoms with Crippen molar-refractivity contribution in [3.8, 4) is 0 Å². The minimum absolute atomic E-state index is 0.159. The SMILES string of the molecule is N[C@@H](CCC(=O)N[C@@H](CSC(=O)CO)C(=O)NCC(=O)O)C(=O)O. The van der Waals surface area contributed by atoms with Crippen molar-refractivity contribution in [2.24, 2.45) is 5.73 Å². The lowest BCUT2D eigenvalue weighted by Crippen LogP contribution is -2.49.